The number of hydrogen-bond donors (Lipinski definition) is 2. The zero-order chi connectivity index (χ0) is 6.78. The van der Waals surface area contributed by atoms with Crippen molar-refractivity contribution in [2.45, 2.75) is 13.2 Å². The highest BCUT2D eigenvalue weighted by atomic mass is 79.9. The lowest BCUT2D eigenvalue weighted by atomic mass is 10.7. The standard InChI is InChI=1S/C2H7NO4S.BrH/c1-2(3)7-8(4,5)6;/h2H,3H2,1H3,(H,4,5,6);1H. The van der Waals surface area contributed by atoms with Crippen molar-refractivity contribution in [1.82, 2.24) is 0 Å². The summed E-state index contributed by atoms with van der Waals surface area (Å²) in [5, 5.41) is 0. The monoisotopic (exact) mass is 221 g/mol. The van der Waals surface area contributed by atoms with Crippen LogP contribution in [0.4, 0.5) is 0 Å². The number of hydrogen-bond acceptors (Lipinski definition) is 4. The second-order valence-corrected chi connectivity index (χ2v) is 2.28. The lowest BCUT2D eigenvalue weighted by Gasteiger charge is -1.99. The molecule has 0 aromatic heterocycles. The highest BCUT2D eigenvalue weighted by molar-refractivity contribution is 8.93. The van der Waals surface area contributed by atoms with Crippen molar-refractivity contribution in [3.05, 3.63) is 0 Å². The summed E-state index contributed by atoms with van der Waals surface area (Å²) in [5.74, 6) is 0. The van der Waals surface area contributed by atoms with Gasteiger partial charge in [-0.3, -0.25) is 4.55 Å². The van der Waals surface area contributed by atoms with Gasteiger partial charge in [0.1, 0.15) is 6.23 Å². The molecule has 0 bridgehead atoms. The largest absolute Gasteiger partial charge is 0.398 e. The van der Waals surface area contributed by atoms with Crippen LogP contribution in [0.1, 0.15) is 6.92 Å². The van der Waals surface area contributed by atoms with E-state index in [9.17, 15) is 8.42 Å². The molecule has 9 heavy (non-hydrogen) atoms. The molecule has 0 aliphatic heterocycles. The lowest BCUT2D eigenvalue weighted by molar-refractivity contribution is 0.204. The molecule has 0 spiro atoms. The smallest absolute Gasteiger partial charge is 0.305 e. The molecule has 3 N–H and O–H groups in total. The second-order valence-electron chi connectivity index (χ2n) is 1.23. The van der Waals surface area contributed by atoms with Crippen molar-refractivity contribution in [1.29, 1.82) is 0 Å². The third-order valence-corrected chi connectivity index (χ3v) is 0.820. The summed E-state index contributed by atoms with van der Waals surface area (Å²) in [6, 6.07) is 0. The van der Waals surface area contributed by atoms with Gasteiger partial charge < -0.3 is 5.73 Å². The maximum absolute atomic E-state index is 9.70. The minimum atomic E-state index is -4.35. The van der Waals surface area contributed by atoms with Gasteiger partial charge in [0.2, 0.25) is 0 Å². The molecule has 0 radical (unpaired) electrons. The maximum atomic E-state index is 9.70. The van der Waals surface area contributed by atoms with Gasteiger partial charge in [0, 0.05) is 0 Å². The fourth-order valence-corrected chi connectivity index (χ4v) is 0.575. The van der Waals surface area contributed by atoms with Crippen LogP contribution in [-0.4, -0.2) is 19.2 Å². The van der Waals surface area contributed by atoms with Crippen LogP contribution in [0, 0.1) is 0 Å². The van der Waals surface area contributed by atoms with Crippen molar-refractivity contribution in [2.24, 2.45) is 5.73 Å². The van der Waals surface area contributed by atoms with Crippen molar-refractivity contribution in [2.75, 3.05) is 0 Å². The van der Waals surface area contributed by atoms with Gasteiger partial charge in [0.05, 0.1) is 0 Å². The Kier molecular flexibility index (Phi) is 5.58. The first-order valence-corrected chi connectivity index (χ1v) is 3.19. The predicted molar refractivity (Wildman–Crippen MR) is 36.6 cm³/mol. The molecule has 0 saturated heterocycles. The van der Waals surface area contributed by atoms with Gasteiger partial charge in [0.25, 0.3) is 0 Å². The van der Waals surface area contributed by atoms with Crippen molar-refractivity contribution in [3.63, 3.8) is 0 Å². The van der Waals surface area contributed by atoms with Crippen LogP contribution < -0.4 is 5.73 Å². The minimum Gasteiger partial charge on any atom is -0.305 e. The van der Waals surface area contributed by atoms with Gasteiger partial charge in [-0.15, -0.1) is 17.0 Å². The van der Waals surface area contributed by atoms with Crippen LogP contribution in [0.3, 0.4) is 0 Å². The van der Waals surface area contributed by atoms with Crippen LogP contribution in [-0.2, 0) is 14.6 Å². The van der Waals surface area contributed by atoms with E-state index in [1.165, 1.54) is 6.92 Å². The first-order chi connectivity index (χ1) is 3.42. The van der Waals surface area contributed by atoms with E-state index < -0.39 is 16.6 Å². The van der Waals surface area contributed by atoms with Crippen LogP contribution in [0.15, 0.2) is 0 Å². The topological polar surface area (TPSA) is 89.6 Å². The first-order valence-electron chi connectivity index (χ1n) is 1.83. The molecule has 58 valence electrons. The summed E-state index contributed by atoms with van der Waals surface area (Å²) < 4.78 is 31.0. The first kappa shape index (κ1) is 12.0. The van der Waals surface area contributed by atoms with E-state index in [0.29, 0.717) is 0 Å². The Hall–Kier alpha value is 0.310. The van der Waals surface area contributed by atoms with Crippen LogP contribution in [0.2, 0.25) is 0 Å². The zero-order valence-electron chi connectivity index (χ0n) is 4.64. The molecular formula is C2H8BrNO4S. The fourth-order valence-electron chi connectivity index (χ4n) is 0.192. The molecule has 0 rings (SSSR count). The third kappa shape index (κ3) is 11.7. The Bertz CT molecular complexity index is 152. The highest BCUT2D eigenvalue weighted by Gasteiger charge is 2.05. The molecular weight excluding hydrogens is 214 g/mol. The molecule has 0 saturated carbocycles. The molecule has 0 aliphatic rings. The van der Waals surface area contributed by atoms with E-state index in [-0.39, 0.29) is 17.0 Å². The zero-order valence-corrected chi connectivity index (χ0v) is 7.17. The maximum Gasteiger partial charge on any atom is 0.398 e. The van der Waals surface area contributed by atoms with Gasteiger partial charge in [-0.05, 0) is 6.92 Å². The van der Waals surface area contributed by atoms with Crippen LogP contribution in [0.25, 0.3) is 0 Å². The van der Waals surface area contributed by atoms with E-state index in [1.807, 2.05) is 0 Å². The Labute approximate surface area is 63.9 Å². The molecule has 0 aromatic carbocycles. The van der Waals surface area contributed by atoms with Crippen LogP contribution in [0.5, 0.6) is 0 Å². The molecule has 5 nitrogen and oxygen atoms in total. The Morgan fingerprint density at radius 1 is 1.67 bits per heavy atom. The average molecular weight is 222 g/mol. The SMILES string of the molecule is Br.CC(N)OS(=O)(=O)O. The van der Waals surface area contributed by atoms with Crippen molar-refractivity contribution < 1.29 is 17.2 Å². The van der Waals surface area contributed by atoms with Gasteiger partial charge in [-0.25, -0.2) is 4.18 Å². The number of nitrogens with two attached hydrogens (primary N) is 1. The molecule has 7 heteroatoms. The summed E-state index contributed by atoms with van der Waals surface area (Å²) in [5.41, 5.74) is 4.82. The fraction of sp³-hybridized carbons (Fsp3) is 1.00. The van der Waals surface area contributed by atoms with Crippen molar-refractivity contribution in [3.8, 4) is 0 Å². The molecule has 1 atom stereocenters. The summed E-state index contributed by atoms with van der Waals surface area (Å²) in [7, 11) is -4.35. The van der Waals surface area contributed by atoms with E-state index in [1.54, 1.807) is 0 Å². The van der Waals surface area contributed by atoms with E-state index in [4.69, 9.17) is 10.3 Å². The normalized spacial score (nSPS) is 14.1. The Morgan fingerprint density at radius 2 is 2.00 bits per heavy atom. The Morgan fingerprint density at radius 3 is 2.00 bits per heavy atom. The Balaban J connectivity index is 0. The van der Waals surface area contributed by atoms with E-state index >= 15 is 0 Å². The number of rotatable bonds is 2. The van der Waals surface area contributed by atoms with Gasteiger partial charge in [-0.2, -0.15) is 8.42 Å². The van der Waals surface area contributed by atoms with E-state index in [0.717, 1.165) is 0 Å². The molecule has 0 aromatic rings. The molecule has 0 fully saturated rings. The van der Waals surface area contributed by atoms with E-state index in [2.05, 4.69) is 4.18 Å². The highest BCUT2D eigenvalue weighted by Crippen LogP contribution is 1.87. The molecule has 0 amide bonds. The second kappa shape index (κ2) is 4.18. The minimum absolute atomic E-state index is 0. The number of halogens is 1. The summed E-state index contributed by atoms with van der Waals surface area (Å²) in [6.07, 6.45) is -0.995. The molecule has 1 unspecified atom stereocenters. The van der Waals surface area contributed by atoms with Gasteiger partial charge >= 0.3 is 10.4 Å². The average Bonchev–Trinajstić information content (AvgIpc) is 1.21. The molecule has 0 aliphatic carbocycles. The summed E-state index contributed by atoms with van der Waals surface area (Å²) in [4.78, 5) is 0. The van der Waals surface area contributed by atoms with Crippen LogP contribution >= 0.6 is 17.0 Å². The molecule has 0 heterocycles. The van der Waals surface area contributed by atoms with Crippen molar-refractivity contribution >= 4 is 27.4 Å². The lowest BCUT2D eigenvalue weighted by Crippen LogP contribution is -2.22. The van der Waals surface area contributed by atoms with Gasteiger partial charge in [0.15, 0.2) is 0 Å². The summed E-state index contributed by atoms with van der Waals surface area (Å²) >= 11 is 0. The quantitative estimate of drug-likeness (QED) is 0.494. The predicted octanol–water partition coefficient (Wildman–Crippen LogP) is -0.312. The third-order valence-electron chi connectivity index (χ3n) is 0.273. The summed E-state index contributed by atoms with van der Waals surface area (Å²) in [6.45, 7) is 1.29. The van der Waals surface area contributed by atoms with Gasteiger partial charge in [-0.1, -0.05) is 0 Å².